The molecule has 2 heterocycles. The third-order valence-corrected chi connectivity index (χ3v) is 6.11. The van der Waals surface area contributed by atoms with Gasteiger partial charge >= 0.3 is 0 Å². The summed E-state index contributed by atoms with van der Waals surface area (Å²) in [6.45, 7) is 0. The molecule has 0 aliphatic heterocycles. The molecule has 0 radical (unpaired) electrons. The molecule has 0 fully saturated rings. The van der Waals surface area contributed by atoms with Crippen LogP contribution < -0.4 is 14.8 Å². The summed E-state index contributed by atoms with van der Waals surface area (Å²) >= 11 is 7.42. The summed E-state index contributed by atoms with van der Waals surface area (Å²) in [4.78, 5) is 22.1. The number of ether oxygens (including phenoxy) is 2. The Morgan fingerprint density at radius 3 is 2.53 bits per heavy atom. The van der Waals surface area contributed by atoms with Gasteiger partial charge in [0.1, 0.15) is 22.6 Å². The van der Waals surface area contributed by atoms with Gasteiger partial charge in [-0.15, -0.1) is 11.3 Å². The number of methoxy groups -OCH3 is 2. The highest BCUT2D eigenvalue weighted by Gasteiger charge is 2.23. The lowest BCUT2D eigenvalue weighted by molar-refractivity contribution is 0.0937. The number of thiazole rings is 1. The molecule has 9 heteroatoms. The van der Waals surface area contributed by atoms with Gasteiger partial charge in [0.2, 0.25) is 0 Å². The molecule has 4 rings (SSSR count). The van der Waals surface area contributed by atoms with Gasteiger partial charge in [-0.05, 0) is 35.9 Å². The van der Waals surface area contributed by atoms with Crippen molar-refractivity contribution in [2.75, 3.05) is 14.2 Å². The number of benzene rings is 2. The van der Waals surface area contributed by atoms with Crippen LogP contribution in [0.3, 0.4) is 0 Å². The summed E-state index contributed by atoms with van der Waals surface area (Å²) in [6.07, 6.45) is 3.53. The van der Waals surface area contributed by atoms with Gasteiger partial charge in [-0.2, -0.15) is 0 Å². The number of halogens is 1. The number of carbonyl (C=O) groups is 1. The first kappa shape index (κ1) is 21.9. The number of hydrogen-bond donors (Lipinski definition) is 1. The van der Waals surface area contributed by atoms with Crippen LogP contribution in [0.4, 0.5) is 0 Å². The van der Waals surface area contributed by atoms with Crippen LogP contribution in [0.25, 0.3) is 10.6 Å². The van der Waals surface area contributed by atoms with Crippen molar-refractivity contribution in [3.63, 3.8) is 0 Å². The van der Waals surface area contributed by atoms with Crippen molar-refractivity contribution in [3.8, 4) is 22.1 Å². The molecule has 0 saturated heterocycles. The summed E-state index contributed by atoms with van der Waals surface area (Å²) in [6, 6.07) is 12.4. The zero-order valence-electron chi connectivity index (χ0n) is 17.7. The highest BCUT2D eigenvalue weighted by atomic mass is 35.5. The molecular weight excluding hydrogens is 448 g/mol. The van der Waals surface area contributed by atoms with E-state index in [-0.39, 0.29) is 5.91 Å². The number of aryl methyl sites for hydroxylation is 1. The fourth-order valence-electron chi connectivity index (χ4n) is 3.29. The molecule has 2 aromatic heterocycles. The van der Waals surface area contributed by atoms with Gasteiger partial charge in [-0.25, -0.2) is 9.97 Å². The van der Waals surface area contributed by atoms with Crippen molar-refractivity contribution < 1.29 is 14.3 Å². The van der Waals surface area contributed by atoms with Gasteiger partial charge < -0.3 is 19.4 Å². The fourth-order valence-corrected chi connectivity index (χ4v) is 4.22. The number of aromatic nitrogens is 3. The van der Waals surface area contributed by atoms with Crippen LogP contribution in [0.1, 0.15) is 27.9 Å². The molecule has 1 atom stereocenters. The minimum atomic E-state index is -0.453. The summed E-state index contributed by atoms with van der Waals surface area (Å²) in [5.74, 6) is 1.64. The van der Waals surface area contributed by atoms with E-state index in [0.29, 0.717) is 33.0 Å². The van der Waals surface area contributed by atoms with Gasteiger partial charge in [0.15, 0.2) is 11.5 Å². The third kappa shape index (κ3) is 4.46. The van der Waals surface area contributed by atoms with Gasteiger partial charge in [-0.1, -0.05) is 23.7 Å². The van der Waals surface area contributed by atoms with Gasteiger partial charge in [0.05, 0.1) is 14.2 Å². The minimum Gasteiger partial charge on any atom is -0.493 e. The second-order valence-electron chi connectivity index (χ2n) is 6.96. The topological polar surface area (TPSA) is 78.3 Å². The van der Waals surface area contributed by atoms with Gasteiger partial charge in [-0.3, -0.25) is 4.79 Å². The Labute approximate surface area is 194 Å². The Morgan fingerprint density at radius 1 is 1.12 bits per heavy atom. The first-order valence-electron chi connectivity index (χ1n) is 9.71. The Kier molecular flexibility index (Phi) is 6.43. The van der Waals surface area contributed by atoms with E-state index < -0.39 is 6.04 Å². The van der Waals surface area contributed by atoms with Gasteiger partial charge in [0, 0.05) is 35.4 Å². The average Bonchev–Trinajstić information content (AvgIpc) is 3.47. The highest BCUT2D eigenvalue weighted by molar-refractivity contribution is 7.13. The number of hydrogen-bond acceptors (Lipinski definition) is 6. The van der Waals surface area contributed by atoms with Crippen LogP contribution in [-0.4, -0.2) is 34.7 Å². The van der Waals surface area contributed by atoms with E-state index in [1.807, 2.05) is 48.1 Å². The Bertz CT molecular complexity index is 1240. The van der Waals surface area contributed by atoms with E-state index >= 15 is 0 Å². The van der Waals surface area contributed by atoms with E-state index in [1.54, 1.807) is 37.9 Å². The average molecular weight is 469 g/mol. The third-order valence-electron chi connectivity index (χ3n) is 4.96. The summed E-state index contributed by atoms with van der Waals surface area (Å²) in [5, 5.41) is 6.11. The lowest BCUT2D eigenvalue weighted by Crippen LogP contribution is -2.31. The maximum Gasteiger partial charge on any atom is 0.271 e. The minimum absolute atomic E-state index is 0.295. The fraction of sp³-hybridized carbons (Fsp3) is 0.174. The molecular formula is C23H21ClN4O3S. The van der Waals surface area contributed by atoms with Gasteiger partial charge in [0.25, 0.3) is 5.91 Å². The Hall–Kier alpha value is -3.36. The van der Waals surface area contributed by atoms with E-state index in [1.165, 1.54) is 11.3 Å². The standard InChI is InChI=1S/C23H21ClN4O3S/c1-28-11-10-25-21(28)20(14-4-7-16(24)8-5-14)27-22(29)17-13-32-23(26-17)15-6-9-18(30-2)19(12-15)31-3/h4-13,20H,1-3H3,(H,27,29)/t20-/m0/s1. The number of carbonyl (C=O) groups excluding carboxylic acids is 1. The quantitative estimate of drug-likeness (QED) is 0.424. The van der Waals surface area contributed by atoms with Crippen LogP contribution in [0.5, 0.6) is 11.5 Å². The van der Waals surface area contributed by atoms with E-state index in [2.05, 4.69) is 15.3 Å². The normalized spacial score (nSPS) is 11.8. The maximum absolute atomic E-state index is 13.1. The largest absolute Gasteiger partial charge is 0.493 e. The zero-order chi connectivity index (χ0) is 22.7. The molecule has 0 spiro atoms. The molecule has 0 aliphatic rings. The van der Waals surface area contributed by atoms with Crippen molar-refractivity contribution in [2.24, 2.45) is 7.05 Å². The number of nitrogens with one attached hydrogen (secondary N) is 1. The first-order valence-corrected chi connectivity index (χ1v) is 11.0. The van der Waals surface area contributed by atoms with Crippen LogP contribution in [-0.2, 0) is 7.05 Å². The van der Waals surface area contributed by atoms with Crippen LogP contribution in [0, 0.1) is 0 Å². The number of imidazole rings is 1. The van der Waals surface area contributed by atoms with E-state index in [0.717, 1.165) is 11.1 Å². The van der Waals surface area contributed by atoms with Crippen LogP contribution >= 0.6 is 22.9 Å². The molecule has 1 amide bonds. The number of rotatable bonds is 7. The molecule has 0 bridgehead atoms. The highest BCUT2D eigenvalue weighted by Crippen LogP contribution is 2.33. The second-order valence-corrected chi connectivity index (χ2v) is 8.26. The lowest BCUT2D eigenvalue weighted by atomic mass is 10.1. The lowest BCUT2D eigenvalue weighted by Gasteiger charge is -2.18. The Balaban J connectivity index is 1.60. The maximum atomic E-state index is 13.1. The number of nitrogens with zero attached hydrogens (tertiary/aromatic N) is 3. The van der Waals surface area contributed by atoms with Crippen LogP contribution in [0.2, 0.25) is 5.02 Å². The summed E-state index contributed by atoms with van der Waals surface area (Å²) in [7, 11) is 5.05. The Morgan fingerprint density at radius 2 is 1.88 bits per heavy atom. The molecule has 0 aliphatic carbocycles. The molecule has 0 saturated carbocycles. The SMILES string of the molecule is COc1ccc(-c2nc(C(=O)N[C@@H](c3ccc(Cl)cc3)c3nccn3C)cs2)cc1OC. The predicted octanol–water partition coefficient (Wildman–Crippen LogP) is 4.73. The molecule has 4 aromatic rings. The van der Waals surface area contributed by atoms with Crippen molar-refractivity contribution in [1.82, 2.24) is 19.9 Å². The van der Waals surface area contributed by atoms with Crippen molar-refractivity contribution in [3.05, 3.63) is 82.3 Å². The smallest absolute Gasteiger partial charge is 0.271 e. The first-order chi connectivity index (χ1) is 15.5. The summed E-state index contributed by atoms with van der Waals surface area (Å²) in [5.41, 5.74) is 2.03. The monoisotopic (exact) mass is 468 g/mol. The second kappa shape index (κ2) is 9.42. The summed E-state index contributed by atoms with van der Waals surface area (Å²) < 4.78 is 12.5. The van der Waals surface area contributed by atoms with Crippen molar-refractivity contribution in [2.45, 2.75) is 6.04 Å². The van der Waals surface area contributed by atoms with E-state index in [4.69, 9.17) is 21.1 Å². The van der Waals surface area contributed by atoms with E-state index in [9.17, 15) is 4.79 Å². The molecule has 32 heavy (non-hydrogen) atoms. The molecule has 0 unspecified atom stereocenters. The molecule has 7 nitrogen and oxygen atoms in total. The predicted molar refractivity (Wildman–Crippen MR) is 125 cm³/mol. The molecule has 1 N–H and O–H groups in total. The van der Waals surface area contributed by atoms with Crippen molar-refractivity contribution >= 4 is 28.8 Å². The molecule has 164 valence electrons. The number of amides is 1. The van der Waals surface area contributed by atoms with Crippen LogP contribution in [0.15, 0.2) is 60.2 Å². The zero-order valence-corrected chi connectivity index (χ0v) is 19.3. The molecule has 2 aromatic carbocycles. The van der Waals surface area contributed by atoms with Crippen molar-refractivity contribution in [1.29, 1.82) is 0 Å².